The maximum Gasteiger partial charge on any atom is 0.416 e. The molecular formula is C18H11F6NO2. The lowest BCUT2D eigenvalue weighted by molar-refractivity contribution is -0.143. The Kier molecular flexibility index (Phi) is 6.00. The van der Waals surface area contributed by atoms with Gasteiger partial charge < -0.3 is 9.94 Å². The third-order valence-electron chi connectivity index (χ3n) is 3.20. The van der Waals surface area contributed by atoms with Crippen molar-refractivity contribution in [3.8, 4) is 17.6 Å². The number of hydrogen-bond donors (Lipinski definition) is 1. The highest BCUT2D eigenvalue weighted by molar-refractivity contribution is 5.79. The first kappa shape index (κ1) is 20.2. The van der Waals surface area contributed by atoms with E-state index in [1.54, 1.807) is 24.3 Å². The van der Waals surface area contributed by atoms with Gasteiger partial charge in [0.1, 0.15) is 12.4 Å². The van der Waals surface area contributed by atoms with Gasteiger partial charge in [0, 0.05) is 5.56 Å². The van der Waals surface area contributed by atoms with E-state index in [0.29, 0.717) is 23.3 Å². The molecule has 0 aromatic heterocycles. The molecular weight excluding hydrogens is 376 g/mol. The molecule has 0 aliphatic heterocycles. The third kappa shape index (κ3) is 5.95. The molecule has 142 valence electrons. The minimum atomic E-state index is -4.94. The van der Waals surface area contributed by atoms with E-state index in [4.69, 9.17) is 9.94 Å². The number of oxime groups is 1. The van der Waals surface area contributed by atoms with Crippen LogP contribution in [-0.2, 0) is 12.4 Å². The Labute approximate surface area is 149 Å². The molecule has 0 aliphatic rings. The molecule has 0 heterocycles. The number of ether oxygens (including phenoxy) is 1. The zero-order valence-corrected chi connectivity index (χ0v) is 13.4. The van der Waals surface area contributed by atoms with E-state index in [0.717, 1.165) is 0 Å². The Morgan fingerprint density at radius 3 is 2.15 bits per heavy atom. The molecule has 3 nitrogen and oxygen atoms in total. The summed E-state index contributed by atoms with van der Waals surface area (Å²) in [5, 5.41) is 11.3. The van der Waals surface area contributed by atoms with Crippen LogP contribution in [0.15, 0.2) is 47.6 Å². The Balaban J connectivity index is 2.18. The lowest BCUT2D eigenvalue weighted by atomic mass is 10.1. The van der Waals surface area contributed by atoms with E-state index in [1.807, 2.05) is 0 Å². The molecule has 0 amide bonds. The molecule has 0 fully saturated rings. The van der Waals surface area contributed by atoms with Gasteiger partial charge in [-0.3, -0.25) is 0 Å². The monoisotopic (exact) mass is 387 g/mol. The summed E-state index contributed by atoms with van der Waals surface area (Å²) in [4.78, 5) is 0. The molecule has 0 radical (unpaired) electrons. The summed E-state index contributed by atoms with van der Waals surface area (Å²) in [5.41, 5.74) is -1.87. The summed E-state index contributed by atoms with van der Waals surface area (Å²) in [5.74, 6) is 4.54. The maximum atomic E-state index is 12.8. The topological polar surface area (TPSA) is 41.8 Å². The van der Waals surface area contributed by atoms with E-state index in [-0.39, 0.29) is 6.07 Å². The molecule has 1 N–H and O–H groups in total. The summed E-state index contributed by atoms with van der Waals surface area (Å²) < 4.78 is 81.5. The van der Waals surface area contributed by atoms with Gasteiger partial charge in [-0.25, -0.2) is 0 Å². The van der Waals surface area contributed by atoms with E-state index in [1.165, 1.54) is 6.21 Å². The van der Waals surface area contributed by atoms with Crippen LogP contribution in [0.1, 0.15) is 22.3 Å². The van der Waals surface area contributed by atoms with Crippen molar-refractivity contribution in [1.29, 1.82) is 0 Å². The molecule has 27 heavy (non-hydrogen) atoms. The van der Waals surface area contributed by atoms with E-state index < -0.39 is 35.8 Å². The molecule has 0 atom stereocenters. The van der Waals surface area contributed by atoms with Crippen molar-refractivity contribution in [2.24, 2.45) is 5.16 Å². The van der Waals surface area contributed by atoms with Gasteiger partial charge >= 0.3 is 12.4 Å². The lowest BCUT2D eigenvalue weighted by Gasteiger charge is -2.14. The van der Waals surface area contributed by atoms with Gasteiger partial charge in [-0.1, -0.05) is 29.1 Å². The summed E-state index contributed by atoms with van der Waals surface area (Å²) >= 11 is 0. The Bertz CT molecular complexity index is 859. The minimum Gasteiger partial charge on any atom is -0.481 e. The molecule has 2 aromatic carbocycles. The first-order valence-corrected chi connectivity index (χ1v) is 7.28. The second kappa shape index (κ2) is 8.03. The summed E-state index contributed by atoms with van der Waals surface area (Å²) in [6, 6.07) is 7.44. The molecule has 0 unspecified atom stereocenters. The van der Waals surface area contributed by atoms with Gasteiger partial charge in [0.25, 0.3) is 0 Å². The van der Waals surface area contributed by atoms with Crippen LogP contribution >= 0.6 is 0 Å². The van der Waals surface area contributed by atoms with Crippen molar-refractivity contribution < 1.29 is 36.3 Å². The standard InChI is InChI=1S/C18H11F6NO2/c19-17(20,21)14-8-15(18(22,23)24)10-16(9-14)27-6-2-5-12-3-1-4-13(7-12)11-25-26/h1,3-4,7-11,26H,6H2/b25-11+. The maximum absolute atomic E-state index is 12.8. The van der Waals surface area contributed by atoms with Gasteiger partial charge in [-0.05, 0) is 35.9 Å². The van der Waals surface area contributed by atoms with Crippen LogP contribution in [0.5, 0.6) is 5.75 Å². The zero-order chi connectivity index (χ0) is 20.1. The molecule has 9 heteroatoms. The van der Waals surface area contributed by atoms with E-state index >= 15 is 0 Å². The fraction of sp³-hybridized carbons (Fsp3) is 0.167. The molecule has 0 spiro atoms. The number of hydrogen-bond acceptors (Lipinski definition) is 3. The highest BCUT2D eigenvalue weighted by atomic mass is 19.4. The molecule has 2 rings (SSSR count). The van der Waals surface area contributed by atoms with Gasteiger partial charge in [0.15, 0.2) is 0 Å². The molecule has 0 saturated carbocycles. The van der Waals surface area contributed by atoms with Crippen LogP contribution in [-0.4, -0.2) is 18.0 Å². The smallest absolute Gasteiger partial charge is 0.416 e. The highest BCUT2D eigenvalue weighted by Crippen LogP contribution is 2.38. The van der Waals surface area contributed by atoms with Crippen molar-refractivity contribution in [2.75, 3.05) is 6.61 Å². The molecule has 2 aromatic rings. The van der Waals surface area contributed by atoms with Crippen LogP contribution in [0.4, 0.5) is 26.3 Å². The van der Waals surface area contributed by atoms with Crippen molar-refractivity contribution >= 4 is 6.21 Å². The van der Waals surface area contributed by atoms with Gasteiger partial charge in [0.05, 0.1) is 17.3 Å². The number of rotatable bonds is 3. The molecule has 0 saturated heterocycles. The summed E-state index contributed by atoms with van der Waals surface area (Å²) in [6.45, 7) is -0.420. The van der Waals surface area contributed by atoms with Gasteiger partial charge in [-0.2, -0.15) is 26.3 Å². The normalized spacial score (nSPS) is 11.9. The average molecular weight is 387 g/mol. The highest BCUT2D eigenvalue weighted by Gasteiger charge is 2.37. The van der Waals surface area contributed by atoms with Crippen LogP contribution in [0.3, 0.4) is 0 Å². The Morgan fingerprint density at radius 2 is 1.59 bits per heavy atom. The van der Waals surface area contributed by atoms with Crippen molar-refractivity contribution in [2.45, 2.75) is 12.4 Å². The van der Waals surface area contributed by atoms with Crippen LogP contribution in [0, 0.1) is 11.8 Å². The summed E-state index contributed by atoms with van der Waals surface area (Å²) in [7, 11) is 0. The summed E-state index contributed by atoms with van der Waals surface area (Å²) in [6.07, 6.45) is -8.72. The fourth-order valence-electron chi connectivity index (χ4n) is 2.03. The van der Waals surface area contributed by atoms with Gasteiger partial charge in [0.2, 0.25) is 0 Å². The Morgan fingerprint density at radius 1 is 0.963 bits per heavy atom. The predicted molar refractivity (Wildman–Crippen MR) is 84.6 cm³/mol. The van der Waals surface area contributed by atoms with Gasteiger partial charge in [-0.15, -0.1) is 0 Å². The fourth-order valence-corrected chi connectivity index (χ4v) is 2.03. The zero-order valence-electron chi connectivity index (χ0n) is 13.4. The molecule has 0 aliphatic carbocycles. The van der Waals surface area contributed by atoms with E-state index in [2.05, 4.69) is 17.0 Å². The van der Waals surface area contributed by atoms with Crippen LogP contribution < -0.4 is 4.74 Å². The van der Waals surface area contributed by atoms with Crippen molar-refractivity contribution in [3.05, 3.63) is 64.7 Å². The third-order valence-corrected chi connectivity index (χ3v) is 3.20. The number of halogens is 6. The quantitative estimate of drug-likeness (QED) is 0.266. The lowest BCUT2D eigenvalue weighted by Crippen LogP contribution is -2.11. The largest absolute Gasteiger partial charge is 0.481 e. The van der Waals surface area contributed by atoms with E-state index in [9.17, 15) is 26.3 Å². The second-order valence-electron chi connectivity index (χ2n) is 5.20. The van der Waals surface area contributed by atoms with Crippen LogP contribution in [0.25, 0.3) is 0 Å². The van der Waals surface area contributed by atoms with Crippen molar-refractivity contribution in [1.82, 2.24) is 0 Å². The first-order chi connectivity index (χ1) is 12.6. The predicted octanol–water partition coefficient (Wildman–Crippen LogP) is 4.96. The van der Waals surface area contributed by atoms with Crippen LogP contribution in [0.2, 0.25) is 0 Å². The molecule has 0 bridgehead atoms. The van der Waals surface area contributed by atoms with Crippen molar-refractivity contribution in [3.63, 3.8) is 0 Å². The number of alkyl halides is 6. The first-order valence-electron chi connectivity index (χ1n) is 7.28. The number of benzene rings is 2. The number of nitrogens with zero attached hydrogens (tertiary/aromatic N) is 1. The minimum absolute atomic E-state index is 0.0206. The average Bonchev–Trinajstić information content (AvgIpc) is 2.58. The SMILES string of the molecule is O/N=C/c1cccc(C#CCOc2cc(C(F)(F)F)cc(C(F)(F)F)c2)c1. The second-order valence-corrected chi connectivity index (χ2v) is 5.20. The Hall–Kier alpha value is -3.15.